The van der Waals surface area contributed by atoms with Crippen LogP contribution in [-0.2, 0) is 4.74 Å². The van der Waals surface area contributed by atoms with Gasteiger partial charge in [-0.25, -0.2) is 4.79 Å². The van der Waals surface area contributed by atoms with Gasteiger partial charge in [-0.1, -0.05) is 0 Å². The van der Waals surface area contributed by atoms with Crippen LogP contribution in [0, 0.1) is 0 Å². The molecule has 0 amide bonds. The molecule has 6 heteroatoms. The van der Waals surface area contributed by atoms with Crippen molar-refractivity contribution >= 4 is 5.97 Å². The second-order valence-electron chi connectivity index (χ2n) is 4.77. The first-order chi connectivity index (χ1) is 10.2. The molecule has 1 aliphatic rings. The SMILES string of the molecule is COc1cc(C(=O)OC2CCNCC2)cc(OC)c1OC. The quantitative estimate of drug-likeness (QED) is 0.833. The van der Waals surface area contributed by atoms with Crippen LogP contribution in [0.4, 0.5) is 0 Å². The van der Waals surface area contributed by atoms with E-state index in [9.17, 15) is 4.79 Å². The van der Waals surface area contributed by atoms with E-state index in [0.29, 0.717) is 22.8 Å². The smallest absolute Gasteiger partial charge is 0.338 e. The summed E-state index contributed by atoms with van der Waals surface area (Å²) < 4.78 is 21.2. The third-order valence-corrected chi connectivity index (χ3v) is 3.46. The van der Waals surface area contributed by atoms with Crippen molar-refractivity contribution in [3.8, 4) is 17.2 Å². The Morgan fingerprint density at radius 2 is 1.62 bits per heavy atom. The highest BCUT2D eigenvalue weighted by Gasteiger charge is 2.21. The van der Waals surface area contributed by atoms with Crippen LogP contribution in [0.5, 0.6) is 17.2 Å². The predicted octanol–water partition coefficient (Wildman–Crippen LogP) is 1.62. The Kier molecular flexibility index (Phi) is 5.27. The third-order valence-electron chi connectivity index (χ3n) is 3.46. The second kappa shape index (κ2) is 7.17. The molecule has 1 aromatic carbocycles. The molecule has 0 saturated carbocycles. The maximum Gasteiger partial charge on any atom is 0.338 e. The van der Waals surface area contributed by atoms with Gasteiger partial charge in [-0.15, -0.1) is 0 Å². The molecule has 1 N–H and O–H groups in total. The van der Waals surface area contributed by atoms with E-state index in [0.717, 1.165) is 25.9 Å². The maximum absolute atomic E-state index is 12.3. The van der Waals surface area contributed by atoms with Gasteiger partial charge in [0.05, 0.1) is 26.9 Å². The third kappa shape index (κ3) is 3.58. The van der Waals surface area contributed by atoms with Crippen molar-refractivity contribution in [2.75, 3.05) is 34.4 Å². The summed E-state index contributed by atoms with van der Waals surface area (Å²) in [4.78, 5) is 12.3. The predicted molar refractivity (Wildman–Crippen MR) is 77.4 cm³/mol. The van der Waals surface area contributed by atoms with Gasteiger partial charge in [0.2, 0.25) is 5.75 Å². The van der Waals surface area contributed by atoms with Gasteiger partial charge in [-0.2, -0.15) is 0 Å². The lowest BCUT2D eigenvalue weighted by Gasteiger charge is -2.23. The van der Waals surface area contributed by atoms with Crippen LogP contribution >= 0.6 is 0 Å². The molecule has 1 saturated heterocycles. The number of carbonyl (C=O) groups is 1. The van der Waals surface area contributed by atoms with Gasteiger partial charge in [0.25, 0.3) is 0 Å². The normalized spacial score (nSPS) is 15.4. The van der Waals surface area contributed by atoms with Crippen molar-refractivity contribution in [3.05, 3.63) is 17.7 Å². The number of hydrogen-bond donors (Lipinski definition) is 1. The van der Waals surface area contributed by atoms with Crippen LogP contribution in [0.15, 0.2) is 12.1 Å². The first kappa shape index (κ1) is 15.4. The minimum Gasteiger partial charge on any atom is -0.493 e. The van der Waals surface area contributed by atoms with Crippen molar-refractivity contribution in [1.82, 2.24) is 5.32 Å². The molecule has 1 aliphatic heterocycles. The van der Waals surface area contributed by atoms with Crippen molar-refractivity contribution in [3.63, 3.8) is 0 Å². The molecule has 0 spiro atoms. The van der Waals surface area contributed by atoms with Crippen LogP contribution in [0.1, 0.15) is 23.2 Å². The summed E-state index contributed by atoms with van der Waals surface area (Å²) in [6, 6.07) is 3.20. The fourth-order valence-electron chi connectivity index (χ4n) is 2.33. The highest BCUT2D eigenvalue weighted by atomic mass is 16.5. The van der Waals surface area contributed by atoms with E-state index in [2.05, 4.69) is 5.32 Å². The first-order valence-electron chi connectivity index (χ1n) is 6.91. The number of nitrogens with one attached hydrogen (secondary N) is 1. The Morgan fingerprint density at radius 1 is 1.05 bits per heavy atom. The van der Waals surface area contributed by atoms with Gasteiger partial charge in [-0.3, -0.25) is 0 Å². The van der Waals surface area contributed by atoms with Gasteiger partial charge in [0.1, 0.15) is 6.10 Å². The van der Waals surface area contributed by atoms with Gasteiger partial charge in [0, 0.05) is 0 Å². The summed E-state index contributed by atoms with van der Waals surface area (Å²) in [5.74, 6) is 0.961. The number of ether oxygens (including phenoxy) is 4. The number of carbonyl (C=O) groups excluding carboxylic acids is 1. The lowest BCUT2D eigenvalue weighted by Crippen LogP contribution is -2.33. The molecule has 1 aromatic rings. The van der Waals surface area contributed by atoms with Crippen LogP contribution in [0.3, 0.4) is 0 Å². The van der Waals surface area contributed by atoms with Gasteiger partial charge in [-0.05, 0) is 38.1 Å². The summed E-state index contributed by atoms with van der Waals surface area (Å²) in [5.41, 5.74) is 0.392. The van der Waals surface area contributed by atoms with E-state index in [-0.39, 0.29) is 12.1 Å². The average Bonchev–Trinajstić information content (AvgIpc) is 2.54. The molecule has 1 heterocycles. The molecule has 21 heavy (non-hydrogen) atoms. The number of piperidine rings is 1. The van der Waals surface area contributed by atoms with Crippen LogP contribution in [0.2, 0.25) is 0 Å². The maximum atomic E-state index is 12.3. The lowest BCUT2D eigenvalue weighted by molar-refractivity contribution is 0.0229. The minimum atomic E-state index is -0.374. The van der Waals surface area contributed by atoms with E-state index in [1.54, 1.807) is 12.1 Å². The molecule has 0 aliphatic carbocycles. The zero-order valence-electron chi connectivity index (χ0n) is 12.6. The molecule has 1 fully saturated rings. The van der Waals surface area contributed by atoms with Crippen molar-refractivity contribution in [2.24, 2.45) is 0 Å². The first-order valence-corrected chi connectivity index (χ1v) is 6.91. The zero-order valence-corrected chi connectivity index (χ0v) is 12.6. The van der Waals surface area contributed by atoms with Gasteiger partial charge in [0.15, 0.2) is 11.5 Å². The van der Waals surface area contributed by atoms with Crippen LogP contribution in [-0.4, -0.2) is 46.5 Å². The molecule has 0 atom stereocenters. The number of benzene rings is 1. The molecule has 0 radical (unpaired) electrons. The highest BCUT2D eigenvalue weighted by Crippen LogP contribution is 2.38. The molecule has 0 unspecified atom stereocenters. The Morgan fingerprint density at radius 3 is 2.10 bits per heavy atom. The van der Waals surface area contributed by atoms with E-state index in [1.165, 1.54) is 21.3 Å². The summed E-state index contributed by atoms with van der Waals surface area (Å²) in [7, 11) is 4.55. The summed E-state index contributed by atoms with van der Waals surface area (Å²) in [6.45, 7) is 1.74. The van der Waals surface area contributed by atoms with Crippen LogP contribution < -0.4 is 19.5 Å². The lowest BCUT2D eigenvalue weighted by atomic mass is 10.1. The molecular weight excluding hydrogens is 274 g/mol. The Balaban J connectivity index is 2.19. The molecule has 116 valence electrons. The number of rotatable bonds is 5. The van der Waals surface area contributed by atoms with Crippen molar-refractivity contribution in [2.45, 2.75) is 18.9 Å². The average molecular weight is 295 g/mol. The fourth-order valence-corrected chi connectivity index (χ4v) is 2.33. The van der Waals surface area contributed by atoms with Gasteiger partial charge < -0.3 is 24.3 Å². The Hall–Kier alpha value is -1.95. The Bertz CT molecular complexity index is 472. The molecule has 2 rings (SSSR count). The standard InChI is InChI=1S/C15H21NO5/c1-18-12-8-10(9-13(19-2)14(12)20-3)15(17)21-11-4-6-16-7-5-11/h8-9,11,16H,4-7H2,1-3H3. The van der Waals surface area contributed by atoms with Crippen molar-refractivity contribution in [1.29, 1.82) is 0 Å². The zero-order chi connectivity index (χ0) is 15.2. The summed E-state index contributed by atoms with van der Waals surface area (Å²) in [6.07, 6.45) is 1.62. The molecule has 0 aromatic heterocycles. The second-order valence-corrected chi connectivity index (χ2v) is 4.77. The molecule has 6 nitrogen and oxygen atoms in total. The van der Waals surface area contributed by atoms with Crippen LogP contribution in [0.25, 0.3) is 0 Å². The molecule has 0 bridgehead atoms. The number of esters is 1. The topological polar surface area (TPSA) is 66.0 Å². The highest BCUT2D eigenvalue weighted by molar-refractivity contribution is 5.91. The monoisotopic (exact) mass is 295 g/mol. The van der Waals surface area contributed by atoms with E-state index >= 15 is 0 Å². The number of methoxy groups -OCH3 is 3. The van der Waals surface area contributed by atoms with Crippen molar-refractivity contribution < 1.29 is 23.7 Å². The largest absolute Gasteiger partial charge is 0.493 e. The summed E-state index contributed by atoms with van der Waals surface area (Å²) >= 11 is 0. The van der Waals surface area contributed by atoms with E-state index < -0.39 is 0 Å². The fraction of sp³-hybridized carbons (Fsp3) is 0.533. The number of hydrogen-bond acceptors (Lipinski definition) is 6. The van der Waals surface area contributed by atoms with Gasteiger partial charge >= 0.3 is 5.97 Å². The molecular formula is C15H21NO5. The van der Waals surface area contributed by atoms with E-state index in [4.69, 9.17) is 18.9 Å². The minimum absolute atomic E-state index is 0.0437. The Labute approximate surface area is 124 Å². The summed E-state index contributed by atoms with van der Waals surface area (Å²) in [5, 5.41) is 3.23. The van der Waals surface area contributed by atoms with E-state index in [1.807, 2.05) is 0 Å².